The van der Waals surface area contributed by atoms with Crippen molar-refractivity contribution in [3.8, 4) is 16.8 Å². The minimum absolute atomic E-state index is 0.354. The van der Waals surface area contributed by atoms with Gasteiger partial charge >= 0.3 is 0 Å². The van der Waals surface area contributed by atoms with E-state index in [0.717, 1.165) is 110 Å². The molecule has 9 aromatic carbocycles. The molecule has 0 atom stereocenters. The summed E-state index contributed by atoms with van der Waals surface area (Å²) in [4.78, 5) is 10.3. The maximum absolute atomic E-state index is 6.78. The zero-order valence-electron chi connectivity index (χ0n) is 34.3. The Bertz CT molecular complexity index is 4020. The number of hydrogen-bond acceptors (Lipinski definition) is 4. The first kappa shape index (κ1) is 36.0. The summed E-state index contributed by atoms with van der Waals surface area (Å²) in [6.07, 6.45) is 0. The van der Waals surface area contributed by atoms with Gasteiger partial charge in [-0.25, -0.2) is 4.99 Å². The summed E-state index contributed by atoms with van der Waals surface area (Å²) >= 11 is 0. The standard InChI is InChI=1S/C57H36N4O3/c58-56(35-13-2-1-3-14-35)60-57(59-33-34-25-27-41-40-17-6-10-22-48(40)63-52(41)29-34)43-19-12-24-51-55(43)45-30-36(26-28-50(45)62-51)44-31-37(32-53-54(44)42-18-7-11-23-49(42)64-53)61-46-20-8-4-15-38(46)39-16-5-9-21-47(39)61/h1-32H,33H2,(H2,58,59,60). The second kappa shape index (κ2) is 14.2. The number of aromatic nitrogens is 1. The Labute approximate surface area is 365 Å². The lowest BCUT2D eigenvalue weighted by molar-refractivity contribution is 0.668. The summed E-state index contributed by atoms with van der Waals surface area (Å²) in [7, 11) is 0. The normalized spacial score (nSPS) is 12.7. The summed E-state index contributed by atoms with van der Waals surface area (Å²) in [6, 6.07) is 66.5. The van der Waals surface area contributed by atoms with Crippen LogP contribution in [0.1, 0.15) is 16.7 Å². The average molecular weight is 825 g/mol. The molecular weight excluding hydrogens is 789 g/mol. The van der Waals surface area contributed by atoms with Crippen molar-refractivity contribution in [1.29, 1.82) is 0 Å². The molecule has 7 heteroatoms. The van der Waals surface area contributed by atoms with Crippen molar-refractivity contribution < 1.29 is 13.3 Å². The maximum Gasteiger partial charge on any atom is 0.158 e. The van der Waals surface area contributed by atoms with Crippen LogP contribution in [0.3, 0.4) is 0 Å². The molecule has 0 bridgehead atoms. The van der Waals surface area contributed by atoms with Gasteiger partial charge in [0.15, 0.2) is 5.84 Å². The van der Waals surface area contributed by atoms with Gasteiger partial charge in [0.2, 0.25) is 0 Å². The van der Waals surface area contributed by atoms with E-state index in [0.29, 0.717) is 18.2 Å². The Hall–Kier alpha value is -8.68. The van der Waals surface area contributed by atoms with Gasteiger partial charge in [0.1, 0.15) is 39.3 Å². The third-order valence-corrected chi connectivity index (χ3v) is 12.5. The molecule has 302 valence electrons. The molecule has 0 fully saturated rings. The largest absolute Gasteiger partial charge is 0.456 e. The van der Waals surface area contributed by atoms with Gasteiger partial charge in [-0.1, -0.05) is 133 Å². The number of para-hydroxylation sites is 4. The van der Waals surface area contributed by atoms with E-state index >= 15 is 0 Å². The first-order valence-corrected chi connectivity index (χ1v) is 21.4. The van der Waals surface area contributed by atoms with Crippen molar-refractivity contribution in [1.82, 2.24) is 4.57 Å². The highest BCUT2D eigenvalue weighted by molar-refractivity contribution is 6.22. The van der Waals surface area contributed by atoms with Crippen LogP contribution in [0.15, 0.2) is 217 Å². The van der Waals surface area contributed by atoms with E-state index in [4.69, 9.17) is 29.0 Å². The van der Waals surface area contributed by atoms with E-state index in [-0.39, 0.29) is 0 Å². The molecule has 64 heavy (non-hydrogen) atoms. The van der Waals surface area contributed by atoms with Crippen molar-refractivity contribution in [3.05, 3.63) is 211 Å². The topological polar surface area (TPSA) is 95.1 Å². The first-order valence-electron chi connectivity index (χ1n) is 21.4. The lowest BCUT2D eigenvalue weighted by Gasteiger charge is -2.12. The molecule has 13 rings (SSSR count). The van der Waals surface area contributed by atoms with Gasteiger partial charge < -0.3 is 23.6 Å². The molecule has 0 radical (unpaired) electrons. The van der Waals surface area contributed by atoms with Crippen molar-refractivity contribution in [2.24, 2.45) is 15.7 Å². The quantitative estimate of drug-likeness (QED) is 0.133. The fourth-order valence-electron chi connectivity index (χ4n) is 9.58. The Kier molecular flexibility index (Phi) is 7.99. The number of rotatable bonds is 6. The molecule has 4 heterocycles. The number of nitrogens with zero attached hydrogens (tertiary/aromatic N) is 3. The SMILES string of the molecule is NC(=NC(=NCc1ccc2c(c1)oc1ccccc12)c1cccc2oc3ccc(-c4cc(-n5c6ccccc6c6ccccc65)cc5oc6ccccc6c45)cc3c12)c1ccccc1. The van der Waals surface area contributed by atoms with Crippen LogP contribution in [0.4, 0.5) is 0 Å². The molecule has 0 spiro atoms. The second-order valence-corrected chi connectivity index (χ2v) is 16.3. The lowest BCUT2D eigenvalue weighted by Crippen LogP contribution is -2.16. The van der Waals surface area contributed by atoms with Crippen molar-refractivity contribution in [2.45, 2.75) is 6.54 Å². The van der Waals surface area contributed by atoms with Crippen molar-refractivity contribution in [3.63, 3.8) is 0 Å². The van der Waals surface area contributed by atoms with Crippen LogP contribution in [0.2, 0.25) is 0 Å². The third-order valence-electron chi connectivity index (χ3n) is 12.5. The average Bonchev–Trinajstić information content (AvgIpc) is 4.11. The van der Waals surface area contributed by atoms with Crippen molar-refractivity contribution in [2.75, 3.05) is 0 Å². The molecule has 0 aliphatic heterocycles. The van der Waals surface area contributed by atoms with E-state index in [1.165, 1.54) is 10.8 Å². The van der Waals surface area contributed by atoms with Gasteiger partial charge in [-0.15, -0.1) is 0 Å². The number of furan rings is 3. The van der Waals surface area contributed by atoms with Gasteiger partial charge in [0, 0.05) is 60.3 Å². The molecule has 0 saturated carbocycles. The van der Waals surface area contributed by atoms with Gasteiger partial charge in [-0.3, -0.25) is 4.99 Å². The minimum Gasteiger partial charge on any atom is -0.456 e. The van der Waals surface area contributed by atoms with Crippen LogP contribution in [0.25, 0.3) is 104 Å². The summed E-state index contributed by atoms with van der Waals surface area (Å²) in [5.74, 6) is 0.870. The van der Waals surface area contributed by atoms with Gasteiger partial charge in [-0.05, 0) is 71.3 Å². The number of amidine groups is 2. The summed E-state index contributed by atoms with van der Waals surface area (Å²) in [6.45, 7) is 0.354. The van der Waals surface area contributed by atoms with Crippen LogP contribution in [-0.2, 0) is 6.54 Å². The molecule has 13 aromatic rings. The summed E-state index contributed by atoms with van der Waals surface area (Å²) in [5, 5.41) is 8.51. The summed E-state index contributed by atoms with van der Waals surface area (Å²) in [5.41, 5.74) is 19.6. The highest BCUT2D eigenvalue weighted by atomic mass is 16.3. The molecule has 0 unspecified atom stereocenters. The van der Waals surface area contributed by atoms with Crippen LogP contribution in [0, 0.1) is 0 Å². The lowest BCUT2D eigenvalue weighted by atomic mass is 9.96. The van der Waals surface area contributed by atoms with Crippen molar-refractivity contribution >= 4 is 99.3 Å². The number of hydrogen-bond donors (Lipinski definition) is 1. The molecule has 0 aliphatic carbocycles. The molecular formula is C57H36N4O3. The molecule has 4 aromatic heterocycles. The van der Waals surface area contributed by atoms with E-state index in [1.807, 2.05) is 72.8 Å². The number of aliphatic imine (C=N–C) groups is 2. The molecule has 2 N–H and O–H groups in total. The van der Waals surface area contributed by atoms with E-state index in [9.17, 15) is 0 Å². The van der Waals surface area contributed by atoms with Crippen LogP contribution in [0.5, 0.6) is 0 Å². The number of nitrogens with two attached hydrogens (primary N) is 1. The van der Waals surface area contributed by atoms with Crippen LogP contribution < -0.4 is 5.73 Å². The fourth-order valence-corrected chi connectivity index (χ4v) is 9.58. The zero-order chi connectivity index (χ0) is 42.3. The van der Waals surface area contributed by atoms with E-state index < -0.39 is 0 Å². The van der Waals surface area contributed by atoms with Gasteiger partial charge in [0.25, 0.3) is 0 Å². The fraction of sp³-hybridized carbons (Fsp3) is 0.0175. The van der Waals surface area contributed by atoms with Gasteiger partial charge in [0.05, 0.1) is 23.3 Å². The van der Waals surface area contributed by atoms with Gasteiger partial charge in [-0.2, -0.15) is 0 Å². The molecule has 7 nitrogen and oxygen atoms in total. The Balaban J connectivity index is 1.01. The minimum atomic E-state index is 0.354. The smallest absolute Gasteiger partial charge is 0.158 e. The monoisotopic (exact) mass is 824 g/mol. The highest BCUT2D eigenvalue weighted by Crippen LogP contribution is 2.43. The van der Waals surface area contributed by atoms with Crippen LogP contribution >= 0.6 is 0 Å². The Morgan fingerprint density at radius 1 is 0.453 bits per heavy atom. The third kappa shape index (κ3) is 5.68. The molecule has 0 saturated heterocycles. The van der Waals surface area contributed by atoms with E-state index in [1.54, 1.807) is 0 Å². The second-order valence-electron chi connectivity index (χ2n) is 16.3. The predicted molar refractivity (Wildman–Crippen MR) is 262 cm³/mol. The Morgan fingerprint density at radius 3 is 1.88 bits per heavy atom. The summed E-state index contributed by atoms with van der Waals surface area (Å²) < 4.78 is 21.9. The molecule has 0 aliphatic rings. The predicted octanol–water partition coefficient (Wildman–Crippen LogP) is 14.5. The first-order chi connectivity index (χ1) is 31.6. The maximum atomic E-state index is 6.78. The van der Waals surface area contributed by atoms with E-state index in [2.05, 4.69) is 126 Å². The number of benzene rings is 9. The Morgan fingerprint density at radius 2 is 1.08 bits per heavy atom. The molecule has 0 amide bonds. The number of fused-ring (bicyclic) bond motifs is 12. The highest BCUT2D eigenvalue weighted by Gasteiger charge is 2.21. The zero-order valence-corrected chi connectivity index (χ0v) is 34.3. The van der Waals surface area contributed by atoms with Crippen LogP contribution in [-0.4, -0.2) is 16.2 Å².